The number of nitrogens with one attached hydrogen (secondary N) is 2. The molecule has 5 nitrogen and oxygen atoms in total. The summed E-state index contributed by atoms with van der Waals surface area (Å²) in [5, 5.41) is 7.47. The zero-order valence-electron chi connectivity index (χ0n) is 16.0. The Balaban J connectivity index is 0.00000225. The summed E-state index contributed by atoms with van der Waals surface area (Å²) in [5.74, 6) is 0.865. The van der Waals surface area contributed by atoms with Gasteiger partial charge in [0.05, 0.1) is 18.9 Å². The van der Waals surface area contributed by atoms with E-state index in [1.54, 1.807) is 12.1 Å². The van der Waals surface area contributed by atoms with E-state index in [4.69, 9.17) is 9.47 Å². The van der Waals surface area contributed by atoms with Gasteiger partial charge in [-0.2, -0.15) is 8.78 Å². The summed E-state index contributed by atoms with van der Waals surface area (Å²) in [5.41, 5.74) is 0.757. The molecule has 0 radical (unpaired) electrons. The highest BCUT2D eigenvalue weighted by atomic mass is 35.5. The van der Waals surface area contributed by atoms with Gasteiger partial charge in [-0.1, -0.05) is 18.6 Å². The molecule has 4 unspecified atom stereocenters. The third kappa shape index (κ3) is 5.06. The summed E-state index contributed by atoms with van der Waals surface area (Å²) in [6, 6.07) is 8.40. The molecule has 3 fully saturated rings. The van der Waals surface area contributed by atoms with E-state index in [9.17, 15) is 8.78 Å². The van der Waals surface area contributed by atoms with E-state index in [-0.39, 0.29) is 18.2 Å². The van der Waals surface area contributed by atoms with Gasteiger partial charge in [0.25, 0.3) is 0 Å². The minimum absolute atomic E-state index is 0. The third-order valence-electron chi connectivity index (χ3n) is 6.10. The largest absolute Gasteiger partial charge is 0.433 e. The molecule has 1 aliphatic carbocycles. The van der Waals surface area contributed by atoms with Crippen molar-refractivity contribution in [2.45, 2.75) is 50.4 Å². The molecule has 2 N–H and O–H groups in total. The van der Waals surface area contributed by atoms with Crippen molar-refractivity contribution in [2.24, 2.45) is 5.92 Å². The Kier molecular flexibility index (Phi) is 7.74. The normalized spacial score (nSPS) is 30.5. The summed E-state index contributed by atoms with van der Waals surface area (Å²) in [6.07, 6.45) is 4.70. The Bertz CT molecular complexity index is 619. The minimum atomic E-state index is -2.80. The van der Waals surface area contributed by atoms with Gasteiger partial charge in [-0.25, -0.2) is 0 Å². The number of benzene rings is 1. The molecule has 0 amide bonds. The average molecular weight is 418 g/mol. The van der Waals surface area contributed by atoms with E-state index < -0.39 is 6.61 Å². The minimum Gasteiger partial charge on any atom is -0.433 e. The first kappa shape index (κ1) is 21.6. The third-order valence-corrected chi connectivity index (χ3v) is 6.10. The highest BCUT2D eigenvalue weighted by Crippen LogP contribution is 2.34. The zero-order chi connectivity index (χ0) is 18.6. The van der Waals surface area contributed by atoms with Crippen molar-refractivity contribution in [3.63, 3.8) is 0 Å². The smallest absolute Gasteiger partial charge is 0.387 e. The molecular formula is C20H30ClF2N3O2. The predicted octanol–water partition coefficient (Wildman–Crippen LogP) is 3.04. The summed E-state index contributed by atoms with van der Waals surface area (Å²) < 4.78 is 35.7. The van der Waals surface area contributed by atoms with Crippen LogP contribution in [0.3, 0.4) is 0 Å². The first-order valence-corrected chi connectivity index (χ1v) is 10.1. The number of morpholine rings is 1. The van der Waals surface area contributed by atoms with Crippen molar-refractivity contribution in [1.29, 1.82) is 0 Å². The van der Waals surface area contributed by atoms with Crippen LogP contribution in [-0.4, -0.2) is 57.6 Å². The first-order chi connectivity index (χ1) is 13.2. The van der Waals surface area contributed by atoms with Crippen molar-refractivity contribution in [3.05, 3.63) is 24.3 Å². The van der Waals surface area contributed by atoms with E-state index in [1.165, 1.54) is 19.3 Å². The van der Waals surface area contributed by atoms with Crippen LogP contribution in [0.15, 0.2) is 24.3 Å². The summed E-state index contributed by atoms with van der Waals surface area (Å²) in [4.78, 5) is 2.15. The van der Waals surface area contributed by atoms with Gasteiger partial charge in [-0.05, 0) is 37.3 Å². The van der Waals surface area contributed by atoms with Gasteiger partial charge in [0.15, 0.2) is 0 Å². The maximum Gasteiger partial charge on any atom is 0.387 e. The van der Waals surface area contributed by atoms with E-state index >= 15 is 0 Å². The molecule has 8 heteroatoms. The maximum absolute atomic E-state index is 12.7. The Labute approximate surface area is 171 Å². The van der Waals surface area contributed by atoms with Crippen molar-refractivity contribution in [2.75, 3.05) is 37.7 Å². The number of hydrogen-bond acceptors (Lipinski definition) is 5. The summed E-state index contributed by atoms with van der Waals surface area (Å²) >= 11 is 0. The molecule has 4 rings (SSSR count). The highest BCUT2D eigenvalue weighted by molar-refractivity contribution is 5.85. The second-order valence-electron chi connectivity index (χ2n) is 7.78. The van der Waals surface area contributed by atoms with E-state index in [0.717, 1.165) is 45.0 Å². The molecule has 158 valence electrons. The molecule has 2 saturated heterocycles. The van der Waals surface area contributed by atoms with Crippen LogP contribution in [0.4, 0.5) is 14.5 Å². The van der Waals surface area contributed by atoms with Gasteiger partial charge in [-0.3, -0.25) is 0 Å². The zero-order valence-corrected chi connectivity index (χ0v) is 16.8. The first-order valence-electron chi connectivity index (χ1n) is 10.1. The standard InChI is InChI=1S/C20H29F2N3O2.ClH/c21-20(22)27-19-7-2-1-6-18(19)25-10-8-14(12-25)24-16-5-3-4-15(16)17-13-26-11-9-23-17;/h1-2,6-7,14-17,20,23-24H,3-5,8-13H2;1H. The second-order valence-corrected chi connectivity index (χ2v) is 7.78. The Hall–Kier alpha value is -1.15. The Morgan fingerprint density at radius 2 is 2.07 bits per heavy atom. The predicted molar refractivity (Wildman–Crippen MR) is 108 cm³/mol. The lowest BCUT2D eigenvalue weighted by Gasteiger charge is -2.34. The van der Waals surface area contributed by atoms with Gasteiger partial charge in [-0.15, -0.1) is 12.4 Å². The van der Waals surface area contributed by atoms with Crippen LogP contribution in [-0.2, 0) is 4.74 Å². The molecule has 2 heterocycles. The summed E-state index contributed by atoms with van der Waals surface area (Å²) in [7, 11) is 0. The van der Waals surface area contributed by atoms with Crippen molar-refractivity contribution in [3.8, 4) is 5.75 Å². The van der Waals surface area contributed by atoms with E-state index in [1.807, 2.05) is 12.1 Å². The molecular weight excluding hydrogens is 388 g/mol. The average Bonchev–Trinajstić information content (AvgIpc) is 3.32. The van der Waals surface area contributed by atoms with Gasteiger partial charge in [0.2, 0.25) is 0 Å². The molecule has 3 aliphatic rings. The van der Waals surface area contributed by atoms with Gasteiger partial charge in [0.1, 0.15) is 5.75 Å². The molecule has 28 heavy (non-hydrogen) atoms. The fraction of sp³-hybridized carbons (Fsp3) is 0.700. The number of nitrogens with zero attached hydrogens (tertiary/aromatic N) is 1. The molecule has 0 bridgehead atoms. The van der Waals surface area contributed by atoms with Gasteiger partial charge in [0, 0.05) is 37.8 Å². The van der Waals surface area contributed by atoms with Crippen molar-refractivity contribution in [1.82, 2.24) is 10.6 Å². The van der Waals surface area contributed by atoms with Gasteiger partial charge >= 0.3 is 6.61 Å². The molecule has 4 atom stereocenters. The van der Waals surface area contributed by atoms with Crippen LogP contribution in [0, 0.1) is 5.92 Å². The number of alkyl halides is 2. The molecule has 1 aromatic rings. The van der Waals surface area contributed by atoms with Crippen LogP contribution >= 0.6 is 12.4 Å². The number of halogens is 3. The van der Waals surface area contributed by atoms with Crippen LogP contribution < -0.4 is 20.3 Å². The maximum atomic E-state index is 12.7. The second kappa shape index (κ2) is 10.1. The Morgan fingerprint density at radius 1 is 1.21 bits per heavy atom. The fourth-order valence-electron chi connectivity index (χ4n) is 4.87. The lowest BCUT2D eigenvalue weighted by molar-refractivity contribution is -0.0495. The number of para-hydroxylation sites is 2. The number of rotatable bonds is 6. The van der Waals surface area contributed by atoms with Gasteiger partial charge < -0.3 is 25.0 Å². The number of hydrogen-bond donors (Lipinski definition) is 2. The summed E-state index contributed by atoms with van der Waals surface area (Å²) in [6.45, 7) is 1.42. The quantitative estimate of drug-likeness (QED) is 0.745. The lowest BCUT2D eigenvalue weighted by Crippen LogP contribution is -2.52. The molecule has 0 aromatic heterocycles. The fourth-order valence-corrected chi connectivity index (χ4v) is 4.87. The monoisotopic (exact) mass is 417 g/mol. The molecule has 2 aliphatic heterocycles. The van der Waals surface area contributed by atoms with Crippen molar-refractivity contribution < 1.29 is 18.3 Å². The van der Waals surface area contributed by atoms with Crippen LogP contribution in [0.1, 0.15) is 25.7 Å². The SMILES string of the molecule is Cl.FC(F)Oc1ccccc1N1CCC(NC2CCCC2C2COCCN2)C1. The Morgan fingerprint density at radius 3 is 2.86 bits per heavy atom. The molecule has 1 aromatic carbocycles. The topological polar surface area (TPSA) is 45.8 Å². The van der Waals surface area contributed by atoms with Crippen LogP contribution in [0.2, 0.25) is 0 Å². The van der Waals surface area contributed by atoms with E-state index in [2.05, 4.69) is 15.5 Å². The van der Waals surface area contributed by atoms with Crippen molar-refractivity contribution >= 4 is 18.1 Å². The number of ether oxygens (including phenoxy) is 2. The lowest BCUT2D eigenvalue weighted by atomic mass is 9.93. The molecule has 1 saturated carbocycles. The van der Waals surface area contributed by atoms with Crippen LogP contribution in [0.25, 0.3) is 0 Å². The highest BCUT2D eigenvalue weighted by Gasteiger charge is 2.37. The van der Waals surface area contributed by atoms with Crippen LogP contribution in [0.5, 0.6) is 5.75 Å². The van der Waals surface area contributed by atoms with E-state index in [0.29, 0.717) is 24.0 Å². The number of anilines is 1. The molecule has 0 spiro atoms.